The van der Waals surface area contributed by atoms with Gasteiger partial charge in [-0.1, -0.05) is 0 Å². The largest absolute Gasteiger partial charge is 0.444 e. The minimum absolute atomic E-state index is 0.111. The van der Waals surface area contributed by atoms with Gasteiger partial charge < -0.3 is 20.1 Å². The third-order valence-corrected chi connectivity index (χ3v) is 8.13. The lowest BCUT2D eigenvalue weighted by atomic mass is 10.2. The molecule has 1 aliphatic rings. The van der Waals surface area contributed by atoms with Gasteiger partial charge in [-0.15, -0.1) is 0 Å². The molecule has 1 saturated heterocycles. The molecule has 1 fully saturated rings. The van der Waals surface area contributed by atoms with E-state index in [9.17, 15) is 22.7 Å². The first-order chi connectivity index (χ1) is 19.4. The molecule has 0 saturated carbocycles. The molecule has 0 atom stereocenters. The van der Waals surface area contributed by atoms with Gasteiger partial charge in [-0.05, 0) is 51.1 Å². The fraction of sp³-hybridized carbons (Fsp3) is 0.333. The number of aromatic nitrogens is 4. The Labute approximate surface area is 236 Å². The van der Waals surface area contributed by atoms with E-state index >= 15 is 0 Å². The maximum atomic E-state index is 14.9. The van der Waals surface area contributed by atoms with Crippen LogP contribution in [0.4, 0.5) is 20.7 Å². The average molecular weight is 584 g/mol. The van der Waals surface area contributed by atoms with E-state index < -0.39 is 27.5 Å². The number of aliphatic hydroxyl groups is 1. The summed E-state index contributed by atoms with van der Waals surface area (Å²) in [6, 6.07) is 10.7. The van der Waals surface area contributed by atoms with Gasteiger partial charge in [0, 0.05) is 56.1 Å². The van der Waals surface area contributed by atoms with E-state index in [2.05, 4.69) is 20.4 Å². The molecule has 0 unspecified atom stereocenters. The molecule has 4 heterocycles. The molecule has 4 aromatic rings. The summed E-state index contributed by atoms with van der Waals surface area (Å²) < 4.78 is 49.7. The SMILES string of the molecule is CC(C)(C)OC(=O)N1CCN(S(=O)(=O)c2ccc3cnc(Nc4ccc(-n5ccc(CO)n5)cc4F)cc3n2)CC1. The highest BCUT2D eigenvalue weighted by molar-refractivity contribution is 7.89. The van der Waals surface area contributed by atoms with Gasteiger partial charge >= 0.3 is 6.09 Å². The zero-order valence-electron chi connectivity index (χ0n) is 22.8. The van der Waals surface area contributed by atoms with Gasteiger partial charge in [-0.2, -0.15) is 9.40 Å². The molecule has 2 N–H and O–H groups in total. The highest BCUT2D eigenvalue weighted by atomic mass is 32.2. The smallest absolute Gasteiger partial charge is 0.410 e. The van der Waals surface area contributed by atoms with Crippen LogP contribution in [-0.4, -0.2) is 80.4 Å². The summed E-state index contributed by atoms with van der Waals surface area (Å²) in [5, 5.41) is 16.7. The van der Waals surface area contributed by atoms with Crippen molar-refractivity contribution in [1.82, 2.24) is 29.0 Å². The topological polar surface area (TPSA) is 143 Å². The fourth-order valence-corrected chi connectivity index (χ4v) is 5.62. The van der Waals surface area contributed by atoms with E-state index in [4.69, 9.17) is 4.74 Å². The highest BCUT2D eigenvalue weighted by Gasteiger charge is 2.32. The number of amides is 1. The lowest BCUT2D eigenvalue weighted by Crippen LogP contribution is -2.51. The van der Waals surface area contributed by atoms with Crippen molar-refractivity contribution in [2.24, 2.45) is 0 Å². The number of halogens is 1. The summed E-state index contributed by atoms with van der Waals surface area (Å²) in [7, 11) is -3.93. The maximum Gasteiger partial charge on any atom is 0.410 e. The van der Waals surface area contributed by atoms with Gasteiger partial charge in [0.2, 0.25) is 0 Å². The molecule has 216 valence electrons. The van der Waals surface area contributed by atoms with Crippen LogP contribution in [0.2, 0.25) is 0 Å². The Morgan fingerprint density at radius 2 is 1.85 bits per heavy atom. The van der Waals surface area contributed by atoms with Crippen molar-refractivity contribution in [3.05, 3.63) is 66.4 Å². The number of hydrogen-bond acceptors (Lipinski definition) is 9. The molecule has 12 nitrogen and oxygen atoms in total. The van der Waals surface area contributed by atoms with Crippen LogP contribution in [0.3, 0.4) is 0 Å². The zero-order valence-corrected chi connectivity index (χ0v) is 23.6. The lowest BCUT2D eigenvalue weighted by molar-refractivity contribution is 0.0192. The molecular formula is C27H30FN7O5S. The molecule has 41 heavy (non-hydrogen) atoms. The van der Waals surface area contributed by atoms with Crippen molar-refractivity contribution in [2.45, 2.75) is 38.0 Å². The van der Waals surface area contributed by atoms with Crippen molar-refractivity contribution in [1.29, 1.82) is 0 Å². The van der Waals surface area contributed by atoms with Crippen LogP contribution in [0, 0.1) is 5.82 Å². The van der Waals surface area contributed by atoms with E-state index in [0.717, 1.165) is 0 Å². The molecule has 0 radical (unpaired) electrons. The van der Waals surface area contributed by atoms with Crippen LogP contribution in [-0.2, 0) is 21.4 Å². The van der Waals surface area contributed by atoms with E-state index in [1.807, 2.05) is 0 Å². The van der Waals surface area contributed by atoms with Crippen molar-refractivity contribution in [3.8, 4) is 5.69 Å². The van der Waals surface area contributed by atoms with Crippen LogP contribution >= 0.6 is 0 Å². The van der Waals surface area contributed by atoms with Crippen LogP contribution < -0.4 is 5.32 Å². The quantitative estimate of drug-likeness (QED) is 0.349. The summed E-state index contributed by atoms with van der Waals surface area (Å²) in [4.78, 5) is 22.5. The van der Waals surface area contributed by atoms with Gasteiger partial charge in [0.05, 0.1) is 29.2 Å². The molecule has 0 aliphatic carbocycles. The van der Waals surface area contributed by atoms with Crippen molar-refractivity contribution < 1.29 is 27.4 Å². The first kappa shape index (κ1) is 28.4. The standard InChI is InChI=1S/C27H30FN7O5S/c1-27(2,3)40-26(37)33-10-12-34(13-11-33)41(38,39)25-7-4-18-16-29-24(15-23(18)31-25)30-22-6-5-20(14-21(22)28)35-9-8-19(17-36)32-35/h4-9,14-16,36H,10-13,17H2,1-3H3,(H,29,30). The van der Waals surface area contributed by atoms with Gasteiger partial charge in [-0.3, -0.25) is 0 Å². The van der Waals surface area contributed by atoms with E-state index in [-0.39, 0.29) is 49.3 Å². The summed E-state index contributed by atoms with van der Waals surface area (Å²) in [6.45, 7) is 5.73. The second-order valence-corrected chi connectivity index (χ2v) is 12.4. The molecular weight excluding hydrogens is 553 g/mol. The predicted octanol–water partition coefficient (Wildman–Crippen LogP) is 3.43. The molecule has 5 rings (SSSR count). The lowest BCUT2D eigenvalue weighted by Gasteiger charge is -2.34. The van der Waals surface area contributed by atoms with Gasteiger partial charge in [0.1, 0.15) is 17.2 Å². The molecule has 1 amide bonds. The van der Waals surface area contributed by atoms with Crippen LogP contribution in [0.25, 0.3) is 16.6 Å². The zero-order chi connectivity index (χ0) is 29.4. The van der Waals surface area contributed by atoms with E-state index in [1.165, 1.54) is 38.3 Å². The number of aliphatic hydroxyl groups excluding tert-OH is 1. The number of ether oxygens (including phenoxy) is 1. The Balaban J connectivity index is 1.31. The molecule has 0 bridgehead atoms. The monoisotopic (exact) mass is 583 g/mol. The third kappa shape index (κ3) is 6.29. The number of fused-ring (bicyclic) bond motifs is 1. The normalized spacial score (nSPS) is 14.8. The Morgan fingerprint density at radius 1 is 1.10 bits per heavy atom. The molecule has 3 aromatic heterocycles. The molecule has 1 aromatic carbocycles. The second-order valence-electron chi connectivity index (χ2n) is 10.5. The van der Waals surface area contributed by atoms with Crippen molar-refractivity contribution in [3.63, 3.8) is 0 Å². The number of rotatable bonds is 6. The number of nitrogens with zero attached hydrogens (tertiary/aromatic N) is 6. The van der Waals surface area contributed by atoms with Crippen molar-refractivity contribution >= 4 is 38.5 Å². The maximum absolute atomic E-state index is 14.9. The summed E-state index contributed by atoms with van der Waals surface area (Å²) in [6.07, 6.45) is 2.66. The Kier molecular flexibility index (Phi) is 7.64. The number of benzene rings is 1. The summed E-state index contributed by atoms with van der Waals surface area (Å²) in [5.41, 5.74) is 0.814. The first-order valence-corrected chi connectivity index (χ1v) is 14.3. The van der Waals surface area contributed by atoms with Gasteiger partial charge in [0.15, 0.2) is 5.03 Å². The van der Waals surface area contributed by atoms with Crippen LogP contribution in [0.1, 0.15) is 26.5 Å². The number of anilines is 2. The molecule has 14 heteroatoms. The number of pyridine rings is 2. The number of sulfonamides is 1. The minimum Gasteiger partial charge on any atom is -0.444 e. The Morgan fingerprint density at radius 3 is 2.51 bits per heavy atom. The number of carbonyl (C=O) groups is 1. The minimum atomic E-state index is -3.93. The van der Waals surface area contributed by atoms with Crippen LogP contribution in [0.5, 0.6) is 0 Å². The van der Waals surface area contributed by atoms with E-state index in [1.54, 1.807) is 51.2 Å². The Hall–Kier alpha value is -4.14. The predicted molar refractivity (Wildman–Crippen MR) is 149 cm³/mol. The van der Waals surface area contributed by atoms with Crippen LogP contribution in [0.15, 0.2) is 59.9 Å². The molecule has 0 spiro atoms. The number of hydrogen-bond donors (Lipinski definition) is 2. The van der Waals surface area contributed by atoms with E-state index in [0.29, 0.717) is 22.3 Å². The highest BCUT2D eigenvalue weighted by Crippen LogP contribution is 2.25. The summed E-state index contributed by atoms with van der Waals surface area (Å²) in [5.74, 6) is -0.279. The van der Waals surface area contributed by atoms with Gasteiger partial charge in [-0.25, -0.2) is 32.3 Å². The van der Waals surface area contributed by atoms with Crippen molar-refractivity contribution in [2.75, 3.05) is 31.5 Å². The summed E-state index contributed by atoms with van der Waals surface area (Å²) >= 11 is 0. The average Bonchev–Trinajstić information content (AvgIpc) is 3.42. The number of nitrogens with one attached hydrogen (secondary N) is 1. The first-order valence-electron chi connectivity index (χ1n) is 12.9. The van der Waals surface area contributed by atoms with Gasteiger partial charge in [0.25, 0.3) is 10.0 Å². The second kappa shape index (κ2) is 11.0. The fourth-order valence-electron chi connectivity index (χ4n) is 4.26. The number of piperazine rings is 1. The Bertz CT molecular complexity index is 1700. The third-order valence-electron chi connectivity index (χ3n) is 6.33. The molecule has 1 aliphatic heterocycles. The number of carbonyl (C=O) groups excluding carboxylic acids is 1.